The summed E-state index contributed by atoms with van der Waals surface area (Å²) in [5.41, 5.74) is 0. The van der Waals surface area contributed by atoms with E-state index in [2.05, 4.69) is 22.6 Å². The second kappa shape index (κ2) is 6.73. The monoisotopic (exact) mass is 370 g/mol. The van der Waals surface area contributed by atoms with Crippen LogP contribution in [0.1, 0.15) is 13.8 Å². The Hall–Kier alpha value is -0.100. The van der Waals surface area contributed by atoms with Gasteiger partial charge in [0, 0.05) is 0 Å². The number of ether oxygens (including phenoxy) is 1. The van der Waals surface area contributed by atoms with Crippen LogP contribution in [0, 0.1) is 3.57 Å². The number of benzene rings is 1. The molecule has 6 heteroatoms. The van der Waals surface area contributed by atoms with E-state index in [0.29, 0.717) is 24.3 Å². The first-order valence-electron chi connectivity index (χ1n) is 5.31. The van der Waals surface area contributed by atoms with E-state index in [4.69, 9.17) is 13.8 Å². The van der Waals surface area contributed by atoms with Crippen molar-refractivity contribution in [3.05, 3.63) is 21.8 Å². The molecule has 0 amide bonds. The van der Waals surface area contributed by atoms with Crippen molar-refractivity contribution < 1.29 is 18.3 Å². The van der Waals surface area contributed by atoms with Gasteiger partial charge >= 0.3 is 7.60 Å². The fraction of sp³-hybridized carbons (Fsp3) is 0.455. The molecule has 0 aliphatic rings. The van der Waals surface area contributed by atoms with Crippen molar-refractivity contribution in [3.8, 4) is 5.75 Å². The molecule has 0 heterocycles. The van der Waals surface area contributed by atoms with Gasteiger partial charge in [-0.3, -0.25) is 4.57 Å². The Balaban J connectivity index is 3.23. The van der Waals surface area contributed by atoms with Gasteiger partial charge < -0.3 is 13.8 Å². The molecular formula is C11H16IO4P. The van der Waals surface area contributed by atoms with Gasteiger partial charge in [-0.05, 0) is 48.6 Å². The van der Waals surface area contributed by atoms with E-state index in [1.165, 1.54) is 0 Å². The molecule has 1 rings (SSSR count). The van der Waals surface area contributed by atoms with Crippen molar-refractivity contribution >= 4 is 35.5 Å². The maximum Gasteiger partial charge on any atom is 0.362 e. The number of hydrogen-bond acceptors (Lipinski definition) is 4. The Morgan fingerprint density at radius 1 is 1.24 bits per heavy atom. The zero-order chi connectivity index (χ0) is 12.9. The van der Waals surface area contributed by atoms with Gasteiger partial charge in [-0.1, -0.05) is 6.07 Å². The van der Waals surface area contributed by atoms with Crippen molar-refractivity contribution in [3.63, 3.8) is 0 Å². The lowest BCUT2D eigenvalue weighted by molar-refractivity contribution is 0.229. The summed E-state index contributed by atoms with van der Waals surface area (Å²) >= 11 is 2.09. The molecule has 0 bridgehead atoms. The number of methoxy groups -OCH3 is 1. The topological polar surface area (TPSA) is 44.8 Å². The largest absolute Gasteiger partial charge is 0.496 e. The zero-order valence-electron chi connectivity index (χ0n) is 10.1. The third-order valence-electron chi connectivity index (χ3n) is 2.06. The van der Waals surface area contributed by atoms with Crippen molar-refractivity contribution in [2.24, 2.45) is 0 Å². The lowest BCUT2D eigenvalue weighted by atomic mass is 10.3. The van der Waals surface area contributed by atoms with Crippen LogP contribution in [0.5, 0.6) is 5.75 Å². The van der Waals surface area contributed by atoms with Gasteiger partial charge in [-0.25, -0.2) is 0 Å². The molecule has 4 nitrogen and oxygen atoms in total. The molecule has 0 spiro atoms. The minimum absolute atomic E-state index is 0.338. The highest BCUT2D eigenvalue weighted by Crippen LogP contribution is 2.48. The molecule has 0 N–H and O–H groups in total. The normalized spacial score (nSPS) is 11.5. The summed E-state index contributed by atoms with van der Waals surface area (Å²) in [5, 5.41) is 0.557. The fourth-order valence-corrected chi connectivity index (χ4v) is 4.50. The second-order valence-electron chi connectivity index (χ2n) is 3.13. The third-order valence-corrected chi connectivity index (χ3v) is 5.75. The number of hydrogen-bond donors (Lipinski definition) is 0. The second-order valence-corrected chi connectivity index (χ2v) is 6.20. The van der Waals surface area contributed by atoms with Crippen LogP contribution in [0.2, 0.25) is 0 Å². The molecule has 0 saturated carbocycles. The highest BCUT2D eigenvalue weighted by Gasteiger charge is 2.30. The Morgan fingerprint density at radius 3 is 2.29 bits per heavy atom. The highest BCUT2D eigenvalue weighted by molar-refractivity contribution is 14.1. The minimum atomic E-state index is -3.24. The number of halogens is 1. The third kappa shape index (κ3) is 3.44. The summed E-state index contributed by atoms with van der Waals surface area (Å²) in [6.07, 6.45) is 0. The van der Waals surface area contributed by atoms with Crippen LogP contribution in [0.15, 0.2) is 18.2 Å². The van der Waals surface area contributed by atoms with E-state index in [0.717, 1.165) is 3.57 Å². The van der Waals surface area contributed by atoms with Crippen LogP contribution in [-0.4, -0.2) is 20.3 Å². The van der Waals surface area contributed by atoms with Gasteiger partial charge in [0.25, 0.3) is 0 Å². The molecule has 0 aromatic heterocycles. The molecule has 0 aliphatic heterocycles. The summed E-state index contributed by atoms with van der Waals surface area (Å²) in [7, 11) is -1.66. The SMILES string of the molecule is CCOP(=O)(OCC)c1cccc(OC)c1I. The van der Waals surface area contributed by atoms with Gasteiger partial charge in [0.15, 0.2) is 0 Å². The first-order valence-corrected chi connectivity index (χ1v) is 7.93. The van der Waals surface area contributed by atoms with E-state index >= 15 is 0 Å². The molecule has 96 valence electrons. The Kier molecular flexibility index (Phi) is 5.92. The van der Waals surface area contributed by atoms with Crippen LogP contribution in [0.4, 0.5) is 0 Å². The number of rotatable bonds is 6. The molecule has 0 atom stereocenters. The first kappa shape index (κ1) is 15.0. The molecule has 17 heavy (non-hydrogen) atoms. The van der Waals surface area contributed by atoms with Gasteiger partial charge in [-0.2, -0.15) is 0 Å². The van der Waals surface area contributed by atoms with E-state index in [1.54, 1.807) is 33.1 Å². The Morgan fingerprint density at radius 2 is 1.82 bits per heavy atom. The maximum absolute atomic E-state index is 12.6. The van der Waals surface area contributed by atoms with E-state index in [9.17, 15) is 4.57 Å². The van der Waals surface area contributed by atoms with Crippen molar-refractivity contribution in [1.82, 2.24) is 0 Å². The molecule has 0 unspecified atom stereocenters. The molecular weight excluding hydrogens is 354 g/mol. The summed E-state index contributed by atoms with van der Waals surface area (Å²) in [6.45, 7) is 4.26. The van der Waals surface area contributed by atoms with Crippen molar-refractivity contribution in [2.75, 3.05) is 20.3 Å². The fourth-order valence-electron chi connectivity index (χ4n) is 1.38. The highest BCUT2D eigenvalue weighted by atomic mass is 127. The molecule has 0 aliphatic carbocycles. The average molecular weight is 370 g/mol. The van der Waals surface area contributed by atoms with Gasteiger partial charge in [0.05, 0.1) is 29.2 Å². The van der Waals surface area contributed by atoms with E-state index in [1.807, 2.05) is 6.07 Å². The lowest BCUT2D eigenvalue weighted by Crippen LogP contribution is -2.14. The van der Waals surface area contributed by atoms with E-state index in [-0.39, 0.29) is 0 Å². The van der Waals surface area contributed by atoms with Crippen LogP contribution < -0.4 is 10.0 Å². The minimum Gasteiger partial charge on any atom is -0.496 e. The first-order chi connectivity index (χ1) is 8.09. The van der Waals surface area contributed by atoms with Crippen molar-refractivity contribution in [2.45, 2.75) is 13.8 Å². The summed E-state index contributed by atoms with van der Waals surface area (Å²) < 4.78 is 29.2. The molecule has 0 fully saturated rings. The van der Waals surface area contributed by atoms with Crippen LogP contribution in [0.25, 0.3) is 0 Å². The average Bonchev–Trinajstić information content (AvgIpc) is 2.30. The Labute approximate surface area is 115 Å². The maximum atomic E-state index is 12.6. The molecule has 1 aromatic rings. The van der Waals surface area contributed by atoms with Crippen LogP contribution in [-0.2, 0) is 13.6 Å². The van der Waals surface area contributed by atoms with Crippen LogP contribution >= 0.6 is 30.2 Å². The Bertz CT molecular complexity index is 412. The van der Waals surface area contributed by atoms with Crippen LogP contribution in [0.3, 0.4) is 0 Å². The lowest BCUT2D eigenvalue weighted by Gasteiger charge is -2.19. The standard InChI is InChI=1S/C11H16IO4P/c1-4-15-17(13,16-5-2)10-8-6-7-9(14-3)11(10)12/h6-8H,4-5H2,1-3H3. The smallest absolute Gasteiger partial charge is 0.362 e. The zero-order valence-corrected chi connectivity index (χ0v) is 13.2. The predicted octanol–water partition coefficient (Wildman–Crippen LogP) is 3.19. The van der Waals surface area contributed by atoms with Crippen molar-refractivity contribution in [1.29, 1.82) is 0 Å². The predicted molar refractivity (Wildman–Crippen MR) is 76.2 cm³/mol. The summed E-state index contributed by atoms with van der Waals surface area (Å²) in [4.78, 5) is 0. The molecule has 1 aromatic carbocycles. The summed E-state index contributed by atoms with van der Waals surface area (Å²) in [6, 6.07) is 5.34. The molecule has 0 radical (unpaired) electrons. The summed E-state index contributed by atoms with van der Waals surface area (Å²) in [5.74, 6) is 0.669. The quantitative estimate of drug-likeness (QED) is 0.570. The van der Waals surface area contributed by atoms with Gasteiger partial charge in [-0.15, -0.1) is 0 Å². The van der Waals surface area contributed by atoms with Gasteiger partial charge in [0.2, 0.25) is 0 Å². The van der Waals surface area contributed by atoms with Gasteiger partial charge in [0.1, 0.15) is 5.75 Å². The van der Waals surface area contributed by atoms with E-state index < -0.39 is 7.60 Å². The molecule has 0 saturated heterocycles.